The largest absolute Gasteiger partial charge is 0.397 e. The Hall–Kier alpha value is -1.55. The summed E-state index contributed by atoms with van der Waals surface area (Å²) in [5.74, 6) is -0.0247. The topological polar surface area (TPSA) is 58.4 Å². The molecule has 0 saturated heterocycles. The Labute approximate surface area is 116 Å². The molecule has 19 heavy (non-hydrogen) atoms. The molecule has 0 spiro atoms. The van der Waals surface area contributed by atoms with Crippen LogP contribution in [0.25, 0.3) is 0 Å². The summed E-state index contributed by atoms with van der Waals surface area (Å²) in [6, 6.07) is 7.52. The molecule has 0 radical (unpaired) electrons. The zero-order chi connectivity index (χ0) is 14.4. The Bertz CT molecular complexity index is 420. The summed E-state index contributed by atoms with van der Waals surface area (Å²) in [4.78, 5) is 14.3. The van der Waals surface area contributed by atoms with Crippen molar-refractivity contribution in [1.29, 1.82) is 0 Å². The number of hydrogen-bond donors (Lipinski definition) is 2. The highest BCUT2D eigenvalue weighted by molar-refractivity contribution is 5.97. The average Bonchev–Trinajstić information content (AvgIpc) is 2.39. The Morgan fingerprint density at radius 3 is 2.58 bits per heavy atom. The van der Waals surface area contributed by atoms with E-state index in [1.54, 1.807) is 6.07 Å². The van der Waals surface area contributed by atoms with Gasteiger partial charge < -0.3 is 11.1 Å². The Balaban J connectivity index is 2.65. The fourth-order valence-corrected chi connectivity index (χ4v) is 2.04. The van der Waals surface area contributed by atoms with E-state index < -0.39 is 0 Å². The molecule has 2 atom stereocenters. The molecule has 4 nitrogen and oxygen atoms in total. The predicted octanol–water partition coefficient (Wildman–Crippen LogP) is 2.72. The lowest BCUT2D eigenvalue weighted by molar-refractivity contribution is -0.121. The van der Waals surface area contributed by atoms with Gasteiger partial charge in [-0.15, -0.1) is 0 Å². The van der Waals surface area contributed by atoms with E-state index in [-0.39, 0.29) is 11.9 Å². The van der Waals surface area contributed by atoms with Gasteiger partial charge in [0.15, 0.2) is 0 Å². The minimum atomic E-state index is -0.179. The Morgan fingerprint density at radius 2 is 2.00 bits per heavy atom. The van der Waals surface area contributed by atoms with Crippen molar-refractivity contribution in [2.45, 2.75) is 45.7 Å². The fraction of sp³-hybridized carbons (Fsp3) is 0.533. The molecule has 0 bridgehead atoms. The van der Waals surface area contributed by atoms with Gasteiger partial charge in [-0.05, 0) is 39.4 Å². The van der Waals surface area contributed by atoms with Gasteiger partial charge in [-0.3, -0.25) is 9.69 Å². The molecule has 4 heteroatoms. The van der Waals surface area contributed by atoms with Crippen LogP contribution in [-0.4, -0.2) is 29.9 Å². The second kappa shape index (κ2) is 7.14. The van der Waals surface area contributed by atoms with Gasteiger partial charge in [-0.25, -0.2) is 0 Å². The van der Waals surface area contributed by atoms with Gasteiger partial charge in [0.25, 0.3) is 0 Å². The first-order valence-electron chi connectivity index (χ1n) is 6.84. The number of nitrogen functional groups attached to an aromatic ring is 1. The summed E-state index contributed by atoms with van der Waals surface area (Å²) in [6.07, 6.45) is 2.20. The zero-order valence-electron chi connectivity index (χ0n) is 12.3. The third-order valence-corrected chi connectivity index (χ3v) is 3.61. The smallest absolute Gasteiger partial charge is 0.241 e. The van der Waals surface area contributed by atoms with Crippen LogP contribution in [0.4, 0.5) is 11.4 Å². The molecule has 0 aliphatic heterocycles. The maximum Gasteiger partial charge on any atom is 0.241 e. The van der Waals surface area contributed by atoms with Crippen LogP contribution >= 0.6 is 0 Å². The van der Waals surface area contributed by atoms with E-state index in [4.69, 9.17) is 5.73 Å². The van der Waals surface area contributed by atoms with Crippen LogP contribution in [0.15, 0.2) is 24.3 Å². The second-order valence-corrected chi connectivity index (χ2v) is 5.06. The van der Waals surface area contributed by atoms with Gasteiger partial charge in [0.1, 0.15) is 0 Å². The van der Waals surface area contributed by atoms with Crippen molar-refractivity contribution >= 4 is 17.3 Å². The maximum absolute atomic E-state index is 12.2. The number of rotatable bonds is 6. The van der Waals surface area contributed by atoms with Crippen LogP contribution in [0, 0.1) is 0 Å². The number of carbonyl (C=O) groups is 1. The summed E-state index contributed by atoms with van der Waals surface area (Å²) < 4.78 is 0. The van der Waals surface area contributed by atoms with E-state index in [9.17, 15) is 4.79 Å². The van der Waals surface area contributed by atoms with Gasteiger partial charge >= 0.3 is 0 Å². The Kier molecular flexibility index (Phi) is 5.83. The van der Waals surface area contributed by atoms with Crippen LogP contribution in [-0.2, 0) is 4.79 Å². The molecular weight excluding hydrogens is 238 g/mol. The minimum Gasteiger partial charge on any atom is -0.397 e. The number of amides is 1. The maximum atomic E-state index is 12.2. The number of hydrogen-bond acceptors (Lipinski definition) is 3. The molecule has 1 aromatic rings. The first kappa shape index (κ1) is 15.5. The van der Waals surface area contributed by atoms with E-state index >= 15 is 0 Å². The molecule has 0 aliphatic rings. The number of nitrogens with one attached hydrogen (secondary N) is 1. The van der Waals surface area contributed by atoms with Gasteiger partial charge in [-0.1, -0.05) is 25.5 Å². The lowest BCUT2D eigenvalue weighted by atomic mass is 10.1. The summed E-state index contributed by atoms with van der Waals surface area (Å²) in [5, 5.41) is 2.88. The monoisotopic (exact) mass is 263 g/mol. The number of para-hydroxylation sites is 2. The highest BCUT2D eigenvalue weighted by Gasteiger charge is 2.22. The van der Waals surface area contributed by atoms with E-state index in [2.05, 4.69) is 24.1 Å². The summed E-state index contributed by atoms with van der Waals surface area (Å²) >= 11 is 0. The normalized spacial score (nSPS) is 14.2. The van der Waals surface area contributed by atoms with Crippen molar-refractivity contribution in [3.8, 4) is 0 Å². The summed E-state index contributed by atoms with van der Waals surface area (Å²) in [7, 11) is 1.99. The van der Waals surface area contributed by atoms with E-state index in [1.165, 1.54) is 0 Å². The van der Waals surface area contributed by atoms with Gasteiger partial charge in [-0.2, -0.15) is 0 Å². The Morgan fingerprint density at radius 1 is 1.37 bits per heavy atom. The van der Waals surface area contributed by atoms with Gasteiger partial charge in [0.2, 0.25) is 5.91 Å². The molecule has 0 aliphatic carbocycles. The van der Waals surface area contributed by atoms with Crippen LogP contribution in [0.5, 0.6) is 0 Å². The lowest BCUT2D eigenvalue weighted by Crippen LogP contribution is -2.44. The summed E-state index contributed by atoms with van der Waals surface area (Å²) in [5.41, 5.74) is 7.09. The quantitative estimate of drug-likeness (QED) is 0.776. The van der Waals surface area contributed by atoms with E-state index in [0.717, 1.165) is 12.8 Å². The van der Waals surface area contributed by atoms with Crippen molar-refractivity contribution in [1.82, 2.24) is 4.90 Å². The van der Waals surface area contributed by atoms with Crippen molar-refractivity contribution in [2.24, 2.45) is 0 Å². The van der Waals surface area contributed by atoms with Crippen molar-refractivity contribution in [2.75, 3.05) is 18.1 Å². The second-order valence-electron chi connectivity index (χ2n) is 5.06. The molecule has 0 heterocycles. The van der Waals surface area contributed by atoms with Gasteiger partial charge in [0, 0.05) is 6.04 Å². The van der Waals surface area contributed by atoms with Gasteiger partial charge in [0.05, 0.1) is 17.4 Å². The van der Waals surface area contributed by atoms with Crippen molar-refractivity contribution in [3.05, 3.63) is 24.3 Å². The van der Waals surface area contributed by atoms with Crippen LogP contribution in [0.3, 0.4) is 0 Å². The van der Waals surface area contributed by atoms with E-state index in [0.29, 0.717) is 17.4 Å². The number of anilines is 2. The van der Waals surface area contributed by atoms with Crippen molar-refractivity contribution in [3.63, 3.8) is 0 Å². The molecule has 106 valence electrons. The molecule has 0 fully saturated rings. The molecule has 3 N–H and O–H groups in total. The van der Waals surface area contributed by atoms with Crippen LogP contribution in [0.2, 0.25) is 0 Å². The van der Waals surface area contributed by atoms with Crippen LogP contribution in [0.1, 0.15) is 33.6 Å². The fourth-order valence-electron chi connectivity index (χ4n) is 2.04. The number of benzene rings is 1. The summed E-state index contributed by atoms with van der Waals surface area (Å²) in [6.45, 7) is 6.21. The standard InChI is InChI=1S/C15H25N3O/c1-5-8-11(2)18(4)12(3)15(19)17-14-10-7-6-9-13(14)16/h6-7,9-12H,5,8,16H2,1-4H3,(H,17,19). The van der Waals surface area contributed by atoms with Crippen LogP contribution < -0.4 is 11.1 Å². The van der Waals surface area contributed by atoms with Crippen molar-refractivity contribution < 1.29 is 4.79 Å². The van der Waals surface area contributed by atoms with E-state index in [1.807, 2.05) is 32.2 Å². The third kappa shape index (κ3) is 4.24. The number of likely N-dealkylation sites (N-methyl/N-ethyl adjacent to an activating group) is 1. The lowest BCUT2D eigenvalue weighted by Gasteiger charge is -2.29. The first-order valence-corrected chi connectivity index (χ1v) is 6.84. The number of nitrogens with zero attached hydrogens (tertiary/aromatic N) is 1. The molecule has 0 aromatic heterocycles. The first-order chi connectivity index (χ1) is 8.97. The molecular formula is C15H25N3O. The zero-order valence-corrected chi connectivity index (χ0v) is 12.3. The number of nitrogens with two attached hydrogens (primary N) is 1. The molecule has 1 aromatic carbocycles. The third-order valence-electron chi connectivity index (χ3n) is 3.61. The minimum absolute atomic E-state index is 0.0247. The molecule has 2 unspecified atom stereocenters. The molecule has 1 amide bonds. The molecule has 0 saturated carbocycles. The highest BCUT2D eigenvalue weighted by Crippen LogP contribution is 2.18. The average molecular weight is 263 g/mol. The number of carbonyl (C=O) groups excluding carboxylic acids is 1. The highest BCUT2D eigenvalue weighted by atomic mass is 16.2. The predicted molar refractivity (Wildman–Crippen MR) is 81.1 cm³/mol. The SMILES string of the molecule is CCCC(C)N(C)C(C)C(=O)Nc1ccccc1N. The molecule has 1 rings (SSSR count).